The Balaban J connectivity index is 2.47. The molecule has 1 aromatic rings. The second-order valence-corrected chi connectivity index (χ2v) is 9.46. The average Bonchev–Trinajstić information content (AvgIpc) is 2.24. The van der Waals surface area contributed by atoms with Crippen LogP contribution in [-0.4, -0.2) is 14.1 Å². The van der Waals surface area contributed by atoms with E-state index in [1.54, 1.807) is 6.08 Å². The van der Waals surface area contributed by atoms with Crippen molar-refractivity contribution in [2.45, 2.75) is 25.2 Å². The van der Waals surface area contributed by atoms with E-state index in [1.807, 2.05) is 24.3 Å². The molecule has 0 aromatic heterocycles. The number of carbonyl (C=O) groups excluding carboxylic acids is 1. The lowest BCUT2D eigenvalue weighted by Gasteiger charge is -2.43. The van der Waals surface area contributed by atoms with Gasteiger partial charge in [0.2, 0.25) is 5.78 Å². The number of rotatable bonds is 3. The van der Waals surface area contributed by atoms with Gasteiger partial charge in [0.15, 0.2) is 13.9 Å². The summed E-state index contributed by atoms with van der Waals surface area (Å²) in [6.07, 6.45) is 1.63. The number of hydrogen-bond acceptors (Lipinski definition) is 2. The number of benzene rings is 1. The molecule has 0 N–H and O–H groups in total. The van der Waals surface area contributed by atoms with Crippen LogP contribution in [0.1, 0.15) is 15.9 Å². The zero-order valence-electron chi connectivity index (χ0n) is 9.91. The molecule has 0 saturated heterocycles. The van der Waals surface area contributed by atoms with Crippen molar-refractivity contribution in [3.8, 4) is 0 Å². The van der Waals surface area contributed by atoms with E-state index in [2.05, 4.69) is 26.2 Å². The molecule has 3 heteroatoms. The van der Waals surface area contributed by atoms with Gasteiger partial charge in [-0.2, -0.15) is 0 Å². The minimum Gasteiger partial charge on any atom is -0.398 e. The highest BCUT2D eigenvalue weighted by Crippen LogP contribution is 2.44. The van der Waals surface area contributed by atoms with Crippen molar-refractivity contribution in [3.63, 3.8) is 0 Å². The molecule has 0 heterocycles. The zero-order chi connectivity index (χ0) is 12.0. The van der Waals surface area contributed by atoms with E-state index in [1.165, 1.54) is 0 Å². The molecule has 1 aliphatic rings. The molecular weight excluding hydrogens is 216 g/mol. The number of hydrogen-bond donors (Lipinski definition) is 0. The van der Waals surface area contributed by atoms with E-state index >= 15 is 0 Å². The lowest BCUT2D eigenvalue weighted by molar-refractivity contribution is 0.0486. The first-order chi connectivity index (χ1) is 7.41. The summed E-state index contributed by atoms with van der Waals surface area (Å²) >= 11 is 0. The molecule has 84 valence electrons. The normalized spacial score (nSPS) is 23.6. The van der Waals surface area contributed by atoms with Gasteiger partial charge in [-0.15, -0.1) is 0 Å². The first kappa shape index (κ1) is 11.3. The predicted molar refractivity (Wildman–Crippen MR) is 67.1 cm³/mol. The Morgan fingerprint density at radius 3 is 2.50 bits per heavy atom. The van der Waals surface area contributed by atoms with Crippen molar-refractivity contribution in [2.75, 3.05) is 0 Å². The van der Waals surface area contributed by atoms with Crippen molar-refractivity contribution in [3.05, 3.63) is 48.0 Å². The standard InChI is InChI=1S/C13H16O2Si/c1-5-13(15-16(2,3)4)11-9-7-6-8-10(11)12(13)14/h5-9H,1H2,2-4H3. The second-order valence-electron chi connectivity index (χ2n) is 5.03. The maximum absolute atomic E-state index is 12.1. The second kappa shape index (κ2) is 3.40. The summed E-state index contributed by atoms with van der Waals surface area (Å²) in [6, 6.07) is 7.58. The first-order valence-corrected chi connectivity index (χ1v) is 8.79. The average molecular weight is 232 g/mol. The maximum Gasteiger partial charge on any atom is 0.202 e. The number of carbonyl (C=O) groups is 1. The SMILES string of the molecule is C=CC1(O[Si](C)(C)C)C(=O)c2ccccc21. The van der Waals surface area contributed by atoms with Gasteiger partial charge < -0.3 is 4.43 Å². The van der Waals surface area contributed by atoms with Crippen molar-refractivity contribution in [1.82, 2.24) is 0 Å². The van der Waals surface area contributed by atoms with Crippen molar-refractivity contribution in [1.29, 1.82) is 0 Å². The fourth-order valence-electron chi connectivity index (χ4n) is 2.09. The predicted octanol–water partition coefficient (Wildman–Crippen LogP) is 3.12. The highest BCUT2D eigenvalue weighted by Gasteiger charge is 2.52. The fraction of sp³-hybridized carbons (Fsp3) is 0.308. The van der Waals surface area contributed by atoms with Crippen LogP contribution in [0, 0.1) is 0 Å². The van der Waals surface area contributed by atoms with E-state index in [-0.39, 0.29) is 5.78 Å². The van der Waals surface area contributed by atoms with Crippen LogP contribution in [0.2, 0.25) is 19.6 Å². The van der Waals surface area contributed by atoms with Crippen LogP contribution in [0.25, 0.3) is 0 Å². The molecule has 1 unspecified atom stereocenters. The maximum atomic E-state index is 12.1. The molecule has 1 aromatic carbocycles. The van der Waals surface area contributed by atoms with Crippen molar-refractivity contribution >= 4 is 14.1 Å². The first-order valence-electron chi connectivity index (χ1n) is 5.39. The van der Waals surface area contributed by atoms with E-state index < -0.39 is 13.9 Å². The van der Waals surface area contributed by atoms with Crippen LogP contribution in [0.4, 0.5) is 0 Å². The molecule has 2 nitrogen and oxygen atoms in total. The van der Waals surface area contributed by atoms with E-state index in [0.29, 0.717) is 0 Å². The van der Waals surface area contributed by atoms with Gasteiger partial charge in [0.25, 0.3) is 0 Å². The number of Topliss-reactive ketones (excluding diaryl/α,β-unsaturated/α-hetero) is 1. The van der Waals surface area contributed by atoms with Gasteiger partial charge in [-0.05, 0) is 25.7 Å². The minimum atomic E-state index is -1.79. The molecule has 0 fully saturated rings. The molecule has 16 heavy (non-hydrogen) atoms. The van der Waals surface area contributed by atoms with E-state index in [4.69, 9.17) is 4.43 Å². The van der Waals surface area contributed by atoms with Crippen LogP contribution in [0.5, 0.6) is 0 Å². The Morgan fingerprint density at radius 2 is 1.94 bits per heavy atom. The number of fused-ring (bicyclic) bond motifs is 1. The Kier molecular flexibility index (Phi) is 2.40. The van der Waals surface area contributed by atoms with Crippen molar-refractivity contribution < 1.29 is 9.22 Å². The van der Waals surface area contributed by atoms with Crippen LogP contribution in [0.3, 0.4) is 0 Å². The minimum absolute atomic E-state index is 0.0422. The summed E-state index contributed by atoms with van der Waals surface area (Å²) in [5, 5.41) is 0. The third-order valence-electron chi connectivity index (χ3n) is 2.66. The largest absolute Gasteiger partial charge is 0.398 e. The van der Waals surface area contributed by atoms with E-state index in [9.17, 15) is 4.79 Å². The van der Waals surface area contributed by atoms with Gasteiger partial charge in [-0.1, -0.05) is 30.8 Å². The van der Waals surface area contributed by atoms with Gasteiger partial charge in [0.05, 0.1) is 0 Å². The topological polar surface area (TPSA) is 26.3 Å². The molecule has 0 spiro atoms. The molecular formula is C13H16O2Si. The highest BCUT2D eigenvalue weighted by atomic mass is 28.4. The van der Waals surface area contributed by atoms with Crippen molar-refractivity contribution in [2.24, 2.45) is 0 Å². The lowest BCUT2D eigenvalue weighted by Crippen LogP contribution is -2.52. The molecule has 2 rings (SSSR count). The highest BCUT2D eigenvalue weighted by molar-refractivity contribution is 6.70. The van der Waals surface area contributed by atoms with Gasteiger partial charge in [0.1, 0.15) is 0 Å². The van der Waals surface area contributed by atoms with E-state index in [0.717, 1.165) is 11.1 Å². The Bertz CT molecular complexity index is 459. The summed E-state index contributed by atoms with van der Waals surface area (Å²) in [7, 11) is -1.79. The van der Waals surface area contributed by atoms with Gasteiger partial charge in [0, 0.05) is 11.1 Å². The summed E-state index contributed by atoms with van der Waals surface area (Å²) in [4.78, 5) is 12.1. The fourth-order valence-corrected chi connectivity index (χ4v) is 3.35. The third kappa shape index (κ3) is 1.47. The molecule has 0 amide bonds. The van der Waals surface area contributed by atoms with Gasteiger partial charge >= 0.3 is 0 Å². The monoisotopic (exact) mass is 232 g/mol. The molecule has 1 atom stereocenters. The number of ketones is 1. The Morgan fingerprint density at radius 1 is 1.31 bits per heavy atom. The van der Waals surface area contributed by atoms with Crippen LogP contribution in [-0.2, 0) is 10.0 Å². The lowest BCUT2D eigenvalue weighted by atomic mass is 9.72. The molecule has 0 radical (unpaired) electrons. The van der Waals surface area contributed by atoms with Gasteiger partial charge in [-0.3, -0.25) is 4.79 Å². The van der Waals surface area contributed by atoms with Gasteiger partial charge in [-0.25, -0.2) is 0 Å². The van der Waals surface area contributed by atoms with Crippen LogP contribution >= 0.6 is 0 Å². The Labute approximate surface area is 97.1 Å². The Hall–Kier alpha value is -1.19. The summed E-state index contributed by atoms with van der Waals surface area (Å²) < 4.78 is 6.02. The summed E-state index contributed by atoms with van der Waals surface area (Å²) in [6.45, 7) is 9.99. The molecule has 0 bridgehead atoms. The zero-order valence-corrected chi connectivity index (χ0v) is 10.9. The molecule has 0 aliphatic heterocycles. The smallest absolute Gasteiger partial charge is 0.202 e. The summed E-state index contributed by atoms with van der Waals surface area (Å²) in [5.74, 6) is 0.0422. The molecule has 1 aliphatic carbocycles. The molecule has 0 saturated carbocycles. The van der Waals surface area contributed by atoms with Crippen LogP contribution in [0.15, 0.2) is 36.9 Å². The van der Waals surface area contributed by atoms with Crippen LogP contribution < -0.4 is 0 Å². The third-order valence-corrected chi connectivity index (χ3v) is 3.60. The summed E-state index contributed by atoms with van der Waals surface area (Å²) in [5.41, 5.74) is 0.846. The quantitative estimate of drug-likeness (QED) is 0.591.